The predicted molar refractivity (Wildman–Crippen MR) is 135 cm³/mol. The van der Waals surface area contributed by atoms with Gasteiger partial charge in [0.05, 0.1) is 17.0 Å². The van der Waals surface area contributed by atoms with Gasteiger partial charge in [-0.05, 0) is 86.8 Å². The predicted octanol–water partition coefficient (Wildman–Crippen LogP) is 6.29. The number of hydrogen-bond donors (Lipinski definition) is 2. The van der Waals surface area contributed by atoms with E-state index in [-0.39, 0.29) is 30.1 Å². The van der Waals surface area contributed by atoms with Gasteiger partial charge < -0.3 is 15.2 Å². The van der Waals surface area contributed by atoms with Crippen LogP contribution in [0.25, 0.3) is 0 Å². The van der Waals surface area contributed by atoms with Crippen molar-refractivity contribution in [2.75, 3.05) is 6.54 Å². The number of aliphatic carboxylic acids is 1. The van der Waals surface area contributed by atoms with Crippen molar-refractivity contribution in [3.05, 3.63) is 63.1 Å². The summed E-state index contributed by atoms with van der Waals surface area (Å²) in [5.41, 5.74) is 2.04. The molecule has 0 saturated heterocycles. The molecule has 1 amide bonds. The van der Waals surface area contributed by atoms with Gasteiger partial charge in [0.25, 0.3) is 5.91 Å². The summed E-state index contributed by atoms with van der Waals surface area (Å²) >= 11 is 12.7. The number of carboxylic acids is 1. The lowest BCUT2D eigenvalue weighted by atomic mass is 9.87. The van der Waals surface area contributed by atoms with E-state index in [9.17, 15) is 14.4 Å². The molecular weight excluding hydrogens is 489 g/mol. The number of carbonyl (C=O) groups is 3. The molecule has 2 aliphatic rings. The first-order chi connectivity index (χ1) is 16.8. The number of rotatable bonds is 10. The third-order valence-electron chi connectivity index (χ3n) is 6.71. The molecule has 0 heterocycles. The van der Waals surface area contributed by atoms with Crippen molar-refractivity contribution in [1.29, 1.82) is 0 Å². The van der Waals surface area contributed by atoms with Crippen LogP contribution in [0.5, 0.6) is 5.75 Å². The van der Waals surface area contributed by atoms with Crippen LogP contribution in [0, 0.1) is 5.92 Å². The van der Waals surface area contributed by atoms with Crippen molar-refractivity contribution >= 4 is 40.9 Å². The molecule has 2 aliphatic carbocycles. The van der Waals surface area contributed by atoms with Crippen molar-refractivity contribution in [3.8, 4) is 5.75 Å². The van der Waals surface area contributed by atoms with Crippen LogP contribution in [0.4, 0.5) is 0 Å². The first-order valence-electron chi connectivity index (χ1n) is 12.1. The van der Waals surface area contributed by atoms with E-state index in [1.807, 2.05) is 6.07 Å². The molecule has 186 valence electrons. The molecule has 0 aliphatic heterocycles. The fourth-order valence-corrected chi connectivity index (χ4v) is 5.11. The average Bonchev–Trinajstić information content (AvgIpc) is 3.67. The first kappa shape index (κ1) is 25.5. The fourth-order valence-electron chi connectivity index (χ4n) is 4.50. The molecule has 0 bridgehead atoms. The van der Waals surface area contributed by atoms with Gasteiger partial charge in [-0.2, -0.15) is 0 Å². The largest absolute Gasteiger partial charge is 0.490 e. The van der Waals surface area contributed by atoms with E-state index < -0.39 is 5.97 Å². The second-order valence-corrected chi connectivity index (χ2v) is 10.2. The molecule has 2 aromatic rings. The highest BCUT2D eigenvalue weighted by Gasteiger charge is 2.27. The van der Waals surface area contributed by atoms with Crippen molar-refractivity contribution in [1.82, 2.24) is 5.32 Å². The molecule has 4 rings (SSSR count). The Morgan fingerprint density at radius 2 is 1.69 bits per heavy atom. The third kappa shape index (κ3) is 6.77. The number of hydrogen-bond acceptors (Lipinski definition) is 4. The molecule has 8 heteroatoms. The van der Waals surface area contributed by atoms with Crippen molar-refractivity contribution in [2.24, 2.45) is 5.92 Å². The second kappa shape index (κ2) is 11.4. The van der Waals surface area contributed by atoms with Crippen LogP contribution in [-0.4, -0.2) is 35.4 Å². The Hall–Kier alpha value is -2.57. The molecule has 0 unspecified atom stereocenters. The van der Waals surface area contributed by atoms with E-state index in [0.29, 0.717) is 71.5 Å². The molecule has 35 heavy (non-hydrogen) atoms. The van der Waals surface area contributed by atoms with Crippen LogP contribution in [0.1, 0.15) is 83.6 Å². The number of ketones is 1. The number of nitrogens with one attached hydrogen (secondary N) is 1. The normalized spacial score (nSPS) is 19.7. The van der Waals surface area contributed by atoms with Crippen LogP contribution in [0.2, 0.25) is 10.0 Å². The van der Waals surface area contributed by atoms with Crippen LogP contribution in [0.3, 0.4) is 0 Å². The molecule has 0 atom stereocenters. The molecule has 0 spiro atoms. The zero-order chi connectivity index (χ0) is 24.9. The van der Waals surface area contributed by atoms with Gasteiger partial charge in [-0.15, -0.1) is 0 Å². The minimum Gasteiger partial charge on any atom is -0.490 e. The summed E-state index contributed by atoms with van der Waals surface area (Å²) in [6.45, 7) is 0.365. The van der Waals surface area contributed by atoms with E-state index in [2.05, 4.69) is 5.32 Å². The zero-order valence-corrected chi connectivity index (χ0v) is 20.9. The van der Waals surface area contributed by atoms with Gasteiger partial charge in [-0.3, -0.25) is 14.4 Å². The zero-order valence-electron chi connectivity index (χ0n) is 19.4. The maximum absolute atomic E-state index is 12.6. The summed E-state index contributed by atoms with van der Waals surface area (Å²) in [6.07, 6.45) is 5.53. The molecular formula is C27H29Cl2NO5. The van der Waals surface area contributed by atoms with Crippen molar-refractivity contribution in [2.45, 2.75) is 63.4 Å². The van der Waals surface area contributed by atoms with E-state index in [4.69, 9.17) is 33.0 Å². The number of carbonyl (C=O) groups excluding carboxylic acids is 2. The third-order valence-corrected chi connectivity index (χ3v) is 7.35. The summed E-state index contributed by atoms with van der Waals surface area (Å²) < 4.78 is 5.95. The van der Waals surface area contributed by atoms with E-state index in [0.717, 1.165) is 18.4 Å². The Bertz CT molecular complexity index is 1110. The van der Waals surface area contributed by atoms with Gasteiger partial charge in [-0.1, -0.05) is 29.3 Å². The summed E-state index contributed by atoms with van der Waals surface area (Å²) in [7, 11) is 0. The summed E-state index contributed by atoms with van der Waals surface area (Å²) in [4.78, 5) is 36.1. The Kier molecular flexibility index (Phi) is 8.34. The number of ether oxygens (including phenoxy) is 1. The topological polar surface area (TPSA) is 92.7 Å². The van der Waals surface area contributed by atoms with E-state index in [1.54, 1.807) is 30.3 Å². The van der Waals surface area contributed by atoms with Gasteiger partial charge in [-0.25, -0.2) is 0 Å². The number of halogens is 2. The lowest BCUT2D eigenvalue weighted by Crippen LogP contribution is -2.27. The molecule has 0 radical (unpaired) electrons. The van der Waals surface area contributed by atoms with Gasteiger partial charge in [0.15, 0.2) is 5.78 Å². The summed E-state index contributed by atoms with van der Waals surface area (Å²) in [6, 6.07) is 10.4. The highest BCUT2D eigenvalue weighted by molar-refractivity contribution is 6.34. The Balaban J connectivity index is 1.21. The Labute approximate surface area is 214 Å². The first-order valence-corrected chi connectivity index (χ1v) is 12.9. The molecule has 2 N–H and O–H groups in total. The molecule has 2 fully saturated rings. The maximum atomic E-state index is 12.6. The van der Waals surface area contributed by atoms with Gasteiger partial charge in [0.2, 0.25) is 0 Å². The lowest BCUT2D eigenvalue weighted by molar-refractivity contribution is -0.143. The maximum Gasteiger partial charge on any atom is 0.306 e. The molecule has 2 saturated carbocycles. The number of carboxylic acid groups (broad SMARTS) is 1. The lowest BCUT2D eigenvalue weighted by Gasteiger charge is -2.26. The summed E-state index contributed by atoms with van der Waals surface area (Å²) in [5, 5.41) is 12.9. The van der Waals surface area contributed by atoms with Crippen molar-refractivity contribution < 1.29 is 24.2 Å². The van der Waals surface area contributed by atoms with Crippen molar-refractivity contribution in [3.63, 3.8) is 0 Å². The van der Waals surface area contributed by atoms with Gasteiger partial charge >= 0.3 is 5.97 Å². The highest BCUT2D eigenvalue weighted by atomic mass is 35.5. The van der Waals surface area contributed by atoms with E-state index >= 15 is 0 Å². The molecule has 0 aromatic heterocycles. The monoisotopic (exact) mass is 517 g/mol. The van der Waals surface area contributed by atoms with Crippen LogP contribution in [0.15, 0.2) is 36.4 Å². The van der Waals surface area contributed by atoms with Crippen LogP contribution < -0.4 is 10.1 Å². The average molecular weight is 518 g/mol. The van der Waals surface area contributed by atoms with Gasteiger partial charge in [0.1, 0.15) is 5.75 Å². The van der Waals surface area contributed by atoms with E-state index in [1.165, 1.54) is 0 Å². The summed E-state index contributed by atoms with van der Waals surface area (Å²) in [5.74, 6) is -0.260. The molecule has 6 nitrogen and oxygen atoms in total. The SMILES string of the molecule is O=C(NCCCC(=O)c1ccc(OC2CCC(C(=O)O)CC2)cc1Cl)c1ccc(C2CC2)c(Cl)c1. The number of amides is 1. The standard InChI is InChI=1S/C27H29Cl2NO5/c28-23-14-18(7-11-21(23)16-3-4-16)26(32)30-13-1-2-25(31)22-12-10-20(15-24(22)29)35-19-8-5-17(6-9-19)27(33)34/h7,10-12,14-17,19H,1-6,8-9,13H2,(H,30,32)(H,33,34). The quantitative estimate of drug-likeness (QED) is 0.285. The molecule has 2 aromatic carbocycles. The number of Topliss-reactive ketones (excluding diaryl/α,β-unsaturated/α-hetero) is 1. The smallest absolute Gasteiger partial charge is 0.306 e. The minimum absolute atomic E-state index is 0.0494. The number of benzene rings is 2. The minimum atomic E-state index is -0.749. The highest BCUT2D eigenvalue weighted by Crippen LogP contribution is 2.43. The fraction of sp³-hybridized carbons (Fsp3) is 0.444. The van der Waals surface area contributed by atoms with Gasteiger partial charge in [0, 0.05) is 29.1 Å². The van der Waals surface area contributed by atoms with Crippen LogP contribution >= 0.6 is 23.2 Å². The van der Waals surface area contributed by atoms with Crippen LogP contribution in [-0.2, 0) is 4.79 Å². The second-order valence-electron chi connectivity index (χ2n) is 9.36. The Morgan fingerprint density at radius 1 is 0.943 bits per heavy atom. The Morgan fingerprint density at radius 3 is 2.31 bits per heavy atom.